The molecule has 1 N–H and O–H groups in total. The number of hydrogen-bond donors (Lipinski definition) is 1. The zero-order valence-corrected chi connectivity index (χ0v) is 12.8. The lowest BCUT2D eigenvalue weighted by molar-refractivity contribution is -0.152. The van der Waals surface area contributed by atoms with Crippen LogP contribution in [-0.2, 0) is 20.7 Å². The highest BCUT2D eigenvalue weighted by Gasteiger charge is 2.21. The second-order valence-corrected chi connectivity index (χ2v) is 5.63. The second kappa shape index (κ2) is 7.28. The number of benzene rings is 1. The first kappa shape index (κ1) is 17.0. The van der Waals surface area contributed by atoms with E-state index >= 15 is 0 Å². The first-order valence-corrected chi connectivity index (χ1v) is 7.42. The summed E-state index contributed by atoms with van der Waals surface area (Å²) in [4.78, 5) is 24.3. The molecular formula is C15H12F3NO3S. The summed E-state index contributed by atoms with van der Waals surface area (Å²) < 4.78 is 44.3. The van der Waals surface area contributed by atoms with E-state index in [-0.39, 0.29) is 6.42 Å². The van der Waals surface area contributed by atoms with Gasteiger partial charge < -0.3 is 10.1 Å². The first-order chi connectivity index (χ1) is 10.9. The SMILES string of the molecule is C[C@H](OC(=O)Cc1cccs1)C(=O)Nc1ccc(F)c(F)c1F. The van der Waals surface area contributed by atoms with Gasteiger partial charge in [0.15, 0.2) is 23.6 Å². The van der Waals surface area contributed by atoms with Crippen molar-refractivity contribution in [2.45, 2.75) is 19.4 Å². The standard InChI is InChI=1S/C15H12F3NO3S/c1-8(22-12(20)7-9-3-2-6-23-9)15(21)19-11-5-4-10(16)13(17)14(11)18/h2-6,8H,7H2,1H3,(H,19,21)/t8-/m0/s1. The van der Waals surface area contributed by atoms with Crippen molar-refractivity contribution in [3.05, 3.63) is 52.0 Å². The summed E-state index contributed by atoms with van der Waals surface area (Å²) in [6.07, 6.45) is -1.20. The number of esters is 1. The van der Waals surface area contributed by atoms with Crippen molar-refractivity contribution < 1.29 is 27.5 Å². The van der Waals surface area contributed by atoms with Crippen LogP contribution in [0.5, 0.6) is 0 Å². The Kier molecular flexibility index (Phi) is 5.38. The highest BCUT2D eigenvalue weighted by Crippen LogP contribution is 2.20. The highest BCUT2D eigenvalue weighted by atomic mass is 32.1. The topological polar surface area (TPSA) is 55.4 Å². The molecule has 8 heteroatoms. The van der Waals surface area contributed by atoms with Gasteiger partial charge in [-0.25, -0.2) is 13.2 Å². The molecule has 1 aromatic heterocycles. The van der Waals surface area contributed by atoms with E-state index in [2.05, 4.69) is 0 Å². The van der Waals surface area contributed by atoms with Gasteiger partial charge in [0.25, 0.3) is 5.91 Å². The Morgan fingerprint density at radius 2 is 1.96 bits per heavy atom. The third-order valence-electron chi connectivity index (χ3n) is 2.87. The second-order valence-electron chi connectivity index (χ2n) is 4.60. The molecule has 0 unspecified atom stereocenters. The fourth-order valence-electron chi connectivity index (χ4n) is 1.70. The van der Waals surface area contributed by atoms with Gasteiger partial charge in [-0.15, -0.1) is 11.3 Å². The van der Waals surface area contributed by atoms with Crippen LogP contribution in [0.4, 0.5) is 18.9 Å². The van der Waals surface area contributed by atoms with Gasteiger partial charge in [0.2, 0.25) is 0 Å². The summed E-state index contributed by atoms with van der Waals surface area (Å²) in [5.74, 6) is -6.05. The Bertz CT molecular complexity index is 719. The van der Waals surface area contributed by atoms with E-state index in [1.165, 1.54) is 18.3 Å². The normalized spacial score (nSPS) is 11.8. The van der Waals surface area contributed by atoms with Gasteiger partial charge >= 0.3 is 5.97 Å². The van der Waals surface area contributed by atoms with Crippen molar-refractivity contribution in [3.63, 3.8) is 0 Å². The molecule has 122 valence electrons. The van der Waals surface area contributed by atoms with Gasteiger partial charge in [0.05, 0.1) is 12.1 Å². The Hall–Kier alpha value is -2.35. The van der Waals surface area contributed by atoms with Gasteiger partial charge in [0, 0.05) is 4.88 Å². The van der Waals surface area contributed by atoms with Crippen LogP contribution in [-0.4, -0.2) is 18.0 Å². The van der Waals surface area contributed by atoms with Crippen LogP contribution in [0, 0.1) is 17.5 Å². The average molecular weight is 343 g/mol. The third kappa shape index (κ3) is 4.32. The van der Waals surface area contributed by atoms with Crippen LogP contribution >= 0.6 is 11.3 Å². The minimum absolute atomic E-state index is 0.00875. The van der Waals surface area contributed by atoms with Crippen LogP contribution in [0.2, 0.25) is 0 Å². The lowest BCUT2D eigenvalue weighted by atomic mass is 10.2. The number of carbonyl (C=O) groups excluding carboxylic acids is 2. The number of carbonyl (C=O) groups is 2. The molecule has 2 rings (SSSR count). The Morgan fingerprint density at radius 1 is 1.22 bits per heavy atom. The number of thiophene rings is 1. The number of halogens is 3. The zero-order chi connectivity index (χ0) is 17.0. The highest BCUT2D eigenvalue weighted by molar-refractivity contribution is 7.10. The van der Waals surface area contributed by atoms with E-state index in [0.717, 1.165) is 10.9 Å². The predicted molar refractivity (Wildman–Crippen MR) is 78.5 cm³/mol. The Labute approximate surface area is 133 Å². The Morgan fingerprint density at radius 3 is 2.61 bits per heavy atom. The molecule has 0 aliphatic heterocycles. The largest absolute Gasteiger partial charge is 0.452 e. The zero-order valence-electron chi connectivity index (χ0n) is 11.9. The summed E-state index contributed by atoms with van der Waals surface area (Å²) in [6.45, 7) is 1.29. The maximum Gasteiger partial charge on any atom is 0.311 e. The summed E-state index contributed by atoms with van der Waals surface area (Å²) in [5.41, 5.74) is -0.532. The molecule has 0 fully saturated rings. The van der Waals surface area contributed by atoms with Gasteiger partial charge in [-0.1, -0.05) is 6.07 Å². The number of nitrogens with one attached hydrogen (secondary N) is 1. The summed E-state index contributed by atoms with van der Waals surface area (Å²) in [5, 5.41) is 3.84. The average Bonchev–Trinajstić information content (AvgIpc) is 3.00. The van der Waals surface area contributed by atoms with Crippen LogP contribution < -0.4 is 5.32 Å². The van der Waals surface area contributed by atoms with Crippen LogP contribution in [0.25, 0.3) is 0 Å². The van der Waals surface area contributed by atoms with Gasteiger partial charge in [-0.2, -0.15) is 0 Å². The van der Waals surface area contributed by atoms with Crippen molar-refractivity contribution in [3.8, 4) is 0 Å². The van der Waals surface area contributed by atoms with Crippen LogP contribution in [0.1, 0.15) is 11.8 Å². The quantitative estimate of drug-likeness (QED) is 0.670. The van der Waals surface area contributed by atoms with Gasteiger partial charge in [-0.3, -0.25) is 9.59 Å². The molecule has 23 heavy (non-hydrogen) atoms. The Balaban J connectivity index is 1.95. The summed E-state index contributed by atoms with van der Waals surface area (Å²) >= 11 is 1.37. The maximum atomic E-state index is 13.5. The lowest BCUT2D eigenvalue weighted by Crippen LogP contribution is -2.30. The van der Waals surface area contributed by atoms with E-state index in [9.17, 15) is 22.8 Å². The third-order valence-corrected chi connectivity index (χ3v) is 3.75. The molecular weight excluding hydrogens is 331 g/mol. The molecule has 1 aromatic carbocycles. The number of ether oxygens (including phenoxy) is 1. The monoisotopic (exact) mass is 343 g/mol. The number of anilines is 1. The van der Waals surface area contributed by atoms with E-state index < -0.39 is 41.1 Å². The molecule has 0 aliphatic rings. The summed E-state index contributed by atoms with van der Waals surface area (Å²) in [7, 11) is 0. The minimum Gasteiger partial charge on any atom is -0.452 e. The van der Waals surface area contributed by atoms with Crippen molar-refractivity contribution in [1.29, 1.82) is 0 Å². The van der Waals surface area contributed by atoms with Crippen molar-refractivity contribution in [1.82, 2.24) is 0 Å². The molecule has 0 aliphatic carbocycles. The van der Waals surface area contributed by atoms with E-state index in [4.69, 9.17) is 4.74 Å². The number of hydrogen-bond acceptors (Lipinski definition) is 4. The summed E-state index contributed by atoms with van der Waals surface area (Å²) in [6, 6.07) is 5.08. The minimum atomic E-state index is -1.69. The van der Waals surface area contributed by atoms with Gasteiger partial charge in [-0.05, 0) is 30.5 Å². The molecule has 0 saturated carbocycles. The lowest BCUT2D eigenvalue weighted by Gasteiger charge is -2.14. The van der Waals surface area contributed by atoms with E-state index in [0.29, 0.717) is 6.07 Å². The maximum absolute atomic E-state index is 13.5. The first-order valence-electron chi connectivity index (χ1n) is 6.54. The van der Waals surface area contributed by atoms with Crippen LogP contribution in [0.15, 0.2) is 29.6 Å². The molecule has 4 nitrogen and oxygen atoms in total. The molecule has 2 aromatic rings. The molecule has 1 amide bonds. The number of rotatable bonds is 5. The van der Waals surface area contributed by atoms with Crippen molar-refractivity contribution >= 4 is 28.9 Å². The number of amides is 1. The fourth-order valence-corrected chi connectivity index (χ4v) is 2.39. The van der Waals surface area contributed by atoms with Crippen molar-refractivity contribution in [2.75, 3.05) is 5.32 Å². The van der Waals surface area contributed by atoms with Crippen LogP contribution in [0.3, 0.4) is 0 Å². The molecule has 0 radical (unpaired) electrons. The molecule has 0 spiro atoms. The van der Waals surface area contributed by atoms with Crippen molar-refractivity contribution in [2.24, 2.45) is 0 Å². The van der Waals surface area contributed by atoms with E-state index in [1.807, 2.05) is 5.32 Å². The molecule has 1 atom stereocenters. The van der Waals surface area contributed by atoms with E-state index in [1.54, 1.807) is 17.5 Å². The fraction of sp³-hybridized carbons (Fsp3) is 0.200. The molecule has 0 saturated heterocycles. The molecule has 1 heterocycles. The smallest absolute Gasteiger partial charge is 0.311 e. The predicted octanol–water partition coefficient (Wildman–Crippen LogP) is 3.28. The molecule has 0 bridgehead atoms. The van der Waals surface area contributed by atoms with Gasteiger partial charge in [0.1, 0.15) is 0 Å².